The molecule has 138 valence electrons. The Hall–Kier alpha value is -3.10. The fraction of sp³-hybridized carbons (Fsp3) is 0.0370. The van der Waals surface area contributed by atoms with E-state index in [2.05, 4.69) is 107 Å². The molecule has 1 aliphatic carbocycles. The second kappa shape index (κ2) is 6.20. The molecule has 0 N–H and O–H groups in total. The normalized spacial score (nSPS) is 14.8. The van der Waals surface area contributed by atoms with Crippen LogP contribution in [-0.2, 0) is 5.41 Å². The lowest BCUT2D eigenvalue weighted by Gasteiger charge is -2.42. The number of hydrogen-bond acceptors (Lipinski definition) is 1. The van der Waals surface area contributed by atoms with Crippen molar-refractivity contribution in [2.45, 2.75) is 5.41 Å². The van der Waals surface area contributed by atoms with Gasteiger partial charge in [-0.15, -0.1) is 0 Å². The Bertz CT molecular complexity index is 1260. The topological polar surface area (TPSA) is 9.23 Å². The Kier molecular flexibility index (Phi) is 3.60. The molecular formula is C27H17BrO. The van der Waals surface area contributed by atoms with E-state index in [1.165, 1.54) is 33.4 Å². The van der Waals surface area contributed by atoms with Crippen LogP contribution in [0.4, 0.5) is 0 Å². The molecule has 6 rings (SSSR count). The minimum atomic E-state index is -0.443. The molecule has 1 aliphatic heterocycles. The van der Waals surface area contributed by atoms with E-state index in [0.29, 0.717) is 0 Å². The van der Waals surface area contributed by atoms with Crippen molar-refractivity contribution in [2.75, 3.05) is 0 Å². The van der Waals surface area contributed by atoms with Gasteiger partial charge >= 0.3 is 0 Å². The predicted molar refractivity (Wildman–Crippen MR) is 121 cm³/mol. The average Bonchev–Trinajstić information content (AvgIpc) is 2.90. The van der Waals surface area contributed by atoms with E-state index in [4.69, 9.17) is 4.74 Å². The highest BCUT2D eigenvalue weighted by molar-refractivity contribution is 9.10. The van der Waals surface area contributed by atoms with Crippen molar-refractivity contribution >= 4 is 28.1 Å². The molecule has 29 heavy (non-hydrogen) atoms. The maximum absolute atomic E-state index is 6.37. The number of hydrogen-bond donors (Lipinski definition) is 0. The third kappa shape index (κ3) is 2.27. The molecule has 0 fully saturated rings. The molecular weight excluding hydrogens is 420 g/mol. The summed E-state index contributed by atoms with van der Waals surface area (Å²) < 4.78 is 7.45. The summed E-state index contributed by atoms with van der Waals surface area (Å²) >= 11 is 3.67. The summed E-state index contributed by atoms with van der Waals surface area (Å²) in [5, 5.41) is 0. The maximum Gasteiger partial charge on any atom is 0.132 e. The van der Waals surface area contributed by atoms with Crippen LogP contribution in [-0.4, -0.2) is 0 Å². The largest absolute Gasteiger partial charge is 0.457 e. The Morgan fingerprint density at radius 3 is 1.83 bits per heavy atom. The highest BCUT2D eigenvalue weighted by Gasteiger charge is 2.47. The first-order chi connectivity index (χ1) is 14.3. The Balaban J connectivity index is 1.87. The zero-order valence-electron chi connectivity index (χ0n) is 15.6. The molecule has 0 aromatic heterocycles. The van der Waals surface area contributed by atoms with E-state index in [1.807, 2.05) is 12.1 Å². The van der Waals surface area contributed by atoms with Gasteiger partial charge in [-0.1, -0.05) is 94.8 Å². The Labute approximate surface area is 178 Å². The van der Waals surface area contributed by atoms with E-state index >= 15 is 0 Å². The zero-order valence-corrected chi connectivity index (χ0v) is 17.2. The minimum Gasteiger partial charge on any atom is -0.457 e. The van der Waals surface area contributed by atoms with Crippen molar-refractivity contribution in [3.8, 4) is 11.5 Å². The van der Waals surface area contributed by atoms with Crippen LogP contribution in [0, 0.1) is 0 Å². The lowest BCUT2D eigenvalue weighted by atomic mass is 9.62. The van der Waals surface area contributed by atoms with Crippen LogP contribution < -0.4 is 4.74 Å². The molecule has 2 aliphatic rings. The standard InChI is InChI=1S/C27H17BrO/c28-20-15-16-22-19(17-20)14-13-18-7-1-2-8-21(18)27(22)23-9-3-5-11-25(23)29-26-12-6-4-10-24(26)27/h1-17H. The molecule has 4 aromatic carbocycles. The lowest BCUT2D eigenvalue weighted by Crippen LogP contribution is -2.35. The summed E-state index contributed by atoms with van der Waals surface area (Å²) in [6.07, 6.45) is 4.46. The number of para-hydroxylation sites is 2. The van der Waals surface area contributed by atoms with Gasteiger partial charge in [0.15, 0.2) is 0 Å². The number of ether oxygens (including phenoxy) is 1. The zero-order chi connectivity index (χ0) is 19.4. The Morgan fingerprint density at radius 2 is 1.10 bits per heavy atom. The lowest BCUT2D eigenvalue weighted by molar-refractivity contribution is 0.434. The fourth-order valence-corrected chi connectivity index (χ4v) is 5.28. The molecule has 1 spiro atoms. The molecule has 0 atom stereocenters. The molecule has 2 heteroatoms. The van der Waals surface area contributed by atoms with Crippen molar-refractivity contribution in [1.82, 2.24) is 0 Å². The van der Waals surface area contributed by atoms with Gasteiger partial charge in [-0.05, 0) is 46.5 Å². The first-order valence-electron chi connectivity index (χ1n) is 9.73. The number of halogens is 1. The smallest absolute Gasteiger partial charge is 0.132 e. The van der Waals surface area contributed by atoms with Gasteiger partial charge in [0.1, 0.15) is 11.5 Å². The summed E-state index contributed by atoms with van der Waals surface area (Å²) in [6, 6.07) is 32.2. The van der Waals surface area contributed by atoms with E-state index < -0.39 is 5.41 Å². The second-order valence-electron chi connectivity index (χ2n) is 7.50. The fourth-order valence-electron chi connectivity index (χ4n) is 4.90. The number of benzene rings is 4. The van der Waals surface area contributed by atoms with Crippen LogP contribution >= 0.6 is 15.9 Å². The first kappa shape index (κ1) is 16.8. The summed E-state index contributed by atoms with van der Waals surface area (Å²) in [5.41, 5.74) is 6.90. The van der Waals surface area contributed by atoms with Crippen molar-refractivity contribution < 1.29 is 4.74 Å². The van der Waals surface area contributed by atoms with Crippen LogP contribution in [0.3, 0.4) is 0 Å². The van der Waals surface area contributed by atoms with Crippen molar-refractivity contribution in [1.29, 1.82) is 0 Å². The monoisotopic (exact) mass is 436 g/mol. The molecule has 0 saturated carbocycles. The third-order valence-electron chi connectivity index (χ3n) is 6.03. The quantitative estimate of drug-likeness (QED) is 0.240. The predicted octanol–water partition coefficient (Wildman–Crippen LogP) is 7.42. The second-order valence-corrected chi connectivity index (χ2v) is 8.41. The van der Waals surface area contributed by atoms with Gasteiger partial charge in [0.2, 0.25) is 0 Å². The molecule has 1 nitrogen and oxygen atoms in total. The summed E-state index contributed by atoms with van der Waals surface area (Å²) in [4.78, 5) is 0. The van der Waals surface area contributed by atoms with Gasteiger partial charge in [-0.3, -0.25) is 0 Å². The van der Waals surface area contributed by atoms with Crippen LogP contribution in [0.1, 0.15) is 33.4 Å². The van der Waals surface area contributed by atoms with Crippen LogP contribution in [0.25, 0.3) is 12.2 Å². The molecule has 4 aromatic rings. The van der Waals surface area contributed by atoms with E-state index in [9.17, 15) is 0 Å². The SMILES string of the molecule is Brc1ccc2c(c1)C=Cc1ccccc1C21c2ccccc2Oc2ccccc21. The summed E-state index contributed by atoms with van der Waals surface area (Å²) in [6.45, 7) is 0. The van der Waals surface area contributed by atoms with Crippen molar-refractivity contribution in [3.05, 3.63) is 129 Å². The van der Waals surface area contributed by atoms with Crippen LogP contribution in [0.2, 0.25) is 0 Å². The van der Waals surface area contributed by atoms with Gasteiger partial charge in [-0.25, -0.2) is 0 Å². The van der Waals surface area contributed by atoms with E-state index in [1.54, 1.807) is 0 Å². The molecule has 0 amide bonds. The van der Waals surface area contributed by atoms with Gasteiger partial charge in [-0.2, -0.15) is 0 Å². The van der Waals surface area contributed by atoms with E-state index in [-0.39, 0.29) is 0 Å². The van der Waals surface area contributed by atoms with Gasteiger partial charge in [0.05, 0.1) is 5.41 Å². The number of rotatable bonds is 0. The highest BCUT2D eigenvalue weighted by atomic mass is 79.9. The van der Waals surface area contributed by atoms with Crippen molar-refractivity contribution in [2.24, 2.45) is 0 Å². The highest BCUT2D eigenvalue weighted by Crippen LogP contribution is 2.57. The first-order valence-corrected chi connectivity index (χ1v) is 10.5. The number of fused-ring (bicyclic) bond motifs is 8. The Morgan fingerprint density at radius 1 is 0.552 bits per heavy atom. The minimum absolute atomic E-state index is 0.443. The molecule has 0 saturated heterocycles. The maximum atomic E-state index is 6.37. The van der Waals surface area contributed by atoms with Gasteiger partial charge in [0.25, 0.3) is 0 Å². The van der Waals surface area contributed by atoms with Gasteiger partial charge < -0.3 is 4.74 Å². The van der Waals surface area contributed by atoms with Gasteiger partial charge in [0, 0.05) is 15.6 Å². The molecule has 0 unspecified atom stereocenters. The third-order valence-corrected chi connectivity index (χ3v) is 6.52. The molecule has 0 radical (unpaired) electrons. The molecule has 1 heterocycles. The van der Waals surface area contributed by atoms with E-state index in [0.717, 1.165) is 16.0 Å². The average molecular weight is 437 g/mol. The summed E-state index contributed by atoms with van der Waals surface area (Å²) in [7, 11) is 0. The van der Waals surface area contributed by atoms with Crippen molar-refractivity contribution in [3.63, 3.8) is 0 Å². The summed E-state index contributed by atoms with van der Waals surface area (Å²) in [5.74, 6) is 1.83. The molecule has 0 bridgehead atoms. The van der Waals surface area contributed by atoms with Crippen LogP contribution in [0.15, 0.2) is 95.5 Å². The van der Waals surface area contributed by atoms with Crippen LogP contribution in [0.5, 0.6) is 11.5 Å².